The second-order valence-electron chi connectivity index (χ2n) is 6.58. The van der Waals surface area contributed by atoms with Crippen LogP contribution in [0.25, 0.3) is 0 Å². The highest BCUT2D eigenvalue weighted by Gasteiger charge is 2.25. The van der Waals surface area contributed by atoms with Gasteiger partial charge >= 0.3 is 0 Å². The lowest BCUT2D eigenvalue weighted by molar-refractivity contribution is -0.0727. The highest BCUT2D eigenvalue weighted by atomic mass is 16.6. The number of rotatable bonds is 6. The fraction of sp³-hybridized carbons (Fsp3) is 0.588. The summed E-state index contributed by atoms with van der Waals surface area (Å²) in [7, 11) is 1.59. The number of benzene rings is 1. The Kier molecular flexibility index (Phi) is 5.62. The molecule has 0 aromatic heterocycles. The molecule has 21 heavy (non-hydrogen) atoms. The van der Waals surface area contributed by atoms with E-state index >= 15 is 0 Å². The molecule has 4 heteroatoms. The van der Waals surface area contributed by atoms with E-state index in [4.69, 9.17) is 19.5 Å². The molecule has 0 fully saturated rings. The maximum absolute atomic E-state index is 8.75. The van der Waals surface area contributed by atoms with Crippen LogP contribution < -0.4 is 9.47 Å². The van der Waals surface area contributed by atoms with Gasteiger partial charge < -0.3 is 14.2 Å². The third kappa shape index (κ3) is 6.05. The van der Waals surface area contributed by atoms with Crippen LogP contribution >= 0.6 is 0 Å². The Bertz CT molecular complexity index is 510. The molecule has 0 heterocycles. The molecule has 0 N–H and O–H groups in total. The quantitative estimate of drug-likeness (QED) is 0.801. The van der Waals surface area contributed by atoms with E-state index in [1.54, 1.807) is 7.11 Å². The van der Waals surface area contributed by atoms with Crippen molar-refractivity contribution >= 4 is 0 Å². The zero-order valence-corrected chi connectivity index (χ0v) is 13.8. The molecule has 116 valence electrons. The first kappa shape index (κ1) is 17.3. The minimum Gasteiger partial charge on any atom is -0.493 e. The van der Waals surface area contributed by atoms with Crippen LogP contribution in [0.15, 0.2) is 18.2 Å². The van der Waals surface area contributed by atoms with Crippen molar-refractivity contribution in [1.29, 1.82) is 5.26 Å². The third-order valence-corrected chi connectivity index (χ3v) is 2.75. The Labute approximate surface area is 127 Å². The molecule has 0 unspecified atom stereocenters. The lowest BCUT2D eigenvalue weighted by Crippen LogP contribution is -2.37. The summed E-state index contributed by atoms with van der Waals surface area (Å²) < 4.78 is 17.2. The van der Waals surface area contributed by atoms with Crippen LogP contribution in [0, 0.1) is 11.3 Å². The average molecular weight is 291 g/mol. The minimum absolute atomic E-state index is 0.207. The second-order valence-corrected chi connectivity index (χ2v) is 6.58. The van der Waals surface area contributed by atoms with Crippen molar-refractivity contribution < 1.29 is 14.2 Å². The fourth-order valence-electron chi connectivity index (χ4n) is 1.71. The second kappa shape index (κ2) is 6.82. The van der Waals surface area contributed by atoms with E-state index in [9.17, 15) is 0 Å². The van der Waals surface area contributed by atoms with Crippen molar-refractivity contribution in [2.75, 3.05) is 13.7 Å². The predicted molar refractivity (Wildman–Crippen MR) is 82.7 cm³/mol. The van der Waals surface area contributed by atoms with Crippen LogP contribution in [0.3, 0.4) is 0 Å². The van der Waals surface area contributed by atoms with Crippen LogP contribution in [0.5, 0.6) is 11.5 Å². The third-order valence-electron chi connectivity index (χ3n) is 2.75. The first-order chi connectivity index (χ1) is 9.67. The van der Waals surface area contributed by atoms with E-state index in [0.29, 0.717) is 24.5 Å². The monoisotopic (exact) mass is 291 g/mol. The summed E-state index contributed by atoms with van der Waals surface area (Å²) in [6.45, 7) is 10.5. The molecule has 0 aliphatic rings. The molecule has 0 radical (unpaired) electrons. The van der Waals surface area contributed by atoms with E-state index in [1.807, 2.05) is 52.8 Å². The maximum Gasteiger partial charge on any atom is 0.162 e. The number of nitriles is 1. The molecular weight excluding hydrogens is 266 g/mol. The van der Waals surface area contributed by atoms with Crippen LogP contribution in [0.4, 0.5) is 0 Å². The number of ether oxygens (including phenoxy) is 3. The summed E-state index contributed by atoms with van der Waals surface area (Å²) in [5.41, 5.74) is 0.226. The maximum atomic E-state index is 8.75. The Balaban J connectivity index is 2.83. The number of hydrogen-bond donors (Lipinski definition) is 0. The van der Waals surface area contributed by atoms with E-state index in [-0.39, 0.29) is 5.60 Å². The molecule has 0 bridgehead atoms. The van der Waals surface area contributed by atoms with Gasteiger partial charge in [0.05, 0.1) is 31.8 Å². The van der Waals surface area contributed by atoms with Gasteiger partial charge in [-0.2, -0.15) is 5.26 Å². The number of nitrogens with zero attached hydrogens (tertiary/aromatic N) is 1. The van der Waals surface area contributed by atoms with Gasteiger partial charge in [-0.05, 0) is 52.3 Å². The molecule has 4 nitrogen and oxygen atoms in total. The highest BCUT2D eigenvalue weighted by molar-refractivity contribution is 5.44. The van der Waals surface area contributed by atoms with Gasteiger partial charge in [-0.1, -0.05) is 6.07 Å². The van der Waals surface area contributed by atoms with E-state index in [2.05, 4.69) is 6.07 Å². The molecule has 0 saturated heterocycles. The van der Waals surface area contributed by atoms with Crippen molar-refractivity contribution in [3.8, 4) is 17.6 Å². The molecule has 1 rings (SSSR count). The topological polar surface area (TPSA) is 51.5 Å². The van der Waals surface area contributed by atoms with Gasteiger partial charge in [-0.25, -0.2) is 0 Å². The molecule has 0 aliphatic carbocycles. The van der Waals surface area contributed by atoms with Crippen molar-refractivity contribution in [3.05, 3.63) is 23.8 Å². The SMILES string of the molecule is COc1cc(CC#N)ccc1OC(C)(C)COC(C)(C)C. The van der Waals surface area contributed by atoms with Crippen LogP contribution in [-0.4, -0.2) is 24.9 Å². The molecule has 0 atom stereocenters. The van der Waals surface area contributed by atoms with Gasteiger partial charge in [0.2, 0.25) is 0 Å². The van der Waals surface area contributed by atoms with E-state index in [0.717, 1.165) is 5.56 Å². The minimum atomic E-state index is -0.475. The first-order valence-corrected chi connectivity index (χ1v) is 7.04. The lowest BCUT2D eigenvalue weighted by Gasteiger charge is -2.31. The molecule has 0 amide bonds. The molecule has 0 spiro atoms. The molecule has 0 saturated carbocycles. The summed E-state index contributed by atoms with van der Waals surface area (Å²) >= 11 is 0. The van der Waals surface area contributed by atoms with Crippen molar-refractivity contribution in [1.82, 2.24) is 0 Å². The molecule has 1 aromatic rings. The van der Waals surface area contributed by atoms with Gasteiger partial charge in [0.15, 0.2) is 11.5 Å². The standard InChI is InChI=1S/C17H25NO3/c1-16(2,3)20-12-17(4,5)21-14-8-7-13(9-10-18)11-15(14)19-6/h7-8,11H,9,12H2,1-6H3. The summed E-state index contributed by atoms with van der Waals surface area (Å²) in [6, 6.07) is 7.67. The Morgan fingerprint density at radius 3 is 2.29 bits per heavy atom. The Morgan fingerprint density at radius 1 is 1.10 bits per heavy atom. The number of methoxy groups -OCH3 is 1. The van der Waals surface area contributed by atoms with Gasteiger partial charge in [0.25, 0.3) is 0 Å². The normalized spacial score (nSPS) is 11.9. The molecule has 0 aliphatic heterocycles. The Hall–Kier alpha value is -1.73. The first-order valence-electron chi connectivity index (χ1n) is 7.04. The summed E-state index contributed by atoms with van der Waals surface area (Å²) in [6.07, 6.45) is 0.354. The van der Waals surface area contributed by atoms with Crippen LogP contribution in [0.2, 0.25) is 0 Å². The van der Waals surface area contributed by atoms with Gasteiger partial charge in [-0.3, -0.25) is 0 Å². The molecule has 1 aromatic carbocycles. The zero-order valence-electron chi connectivity index (χ0n) is 13.8. The summed E-state index contributed by atoms with van der Waals surface area (Å²) in [5, 5.41) is 8.75. The van der Waals surface area contributed by atoms with Gasteiger partial charge in [0.1, 0.15) is 5.60 Å². The zero-order chi connectivity index (χ0) is 16.1. The average Bonchev–Trinajstić information content (AvgIpc) is 2.38. The number of hydrogen-bond acceptors (Lipinski definition) is 4. The predicted octanol–water partition coefficient (Wildman–Crippen LogP) is 3.73. The highest BCUT2D eigenvalue weighted by Crippen LogP contribution is 2.31. The van der Waals surface area contributed by atoms with Crippen molar-refractivity contribution in [3.63, 3.8) is 0 Å². The Morgan fingerprint density at radius 2 is 1.76 bits per heavy atom. The van der Waals surface area contributed by atoms with Crippen LogP contribution in [-0.2, 0) is 11.2 Å². The summed E-state index contributed by atoms with van der Waals surface area (Å²) in [4.78, 5) is 0. The van der Waals surface area contributed by atoms with Crippen molar-refractivity contribution in [2.24, 2.45) is 0 Å². The van der Waals surface area contributed by atoms with E-state index in [1.165, 1.54) is 0 Å². The lowest BCUT2D eigenvalue weighted by atomic mass is 10.1. The van der Waals surface area contributed by atoms with Gasteiger partial charge in [-0.15, -0.1) is 0 Å². The fourth-order valence-corrected chi connectivity index (χ4v) is 1.71. The largest absolute Gasteiger partial charge is 0.493 e. The smallest absolute Gasteiger partial charge is 0.162 e. The van der Waals surface area contributed by atoms with E-state index < -0.39 is 5.60 Å². The van der Waals surface area contributed by atoms with Crippen LogP contribution in [0.1, 0.15) is 40.2 Å². The van der Waals surface area contributed by atoms with Crippen molar-refractivity contribution in [2.45, 2.75) is 52.2 Å². The summed E-state index contributed by atoms with van der Waals surface area (Å²) in [5.74, 6) is 1.29. The molecular formula is C17H25NO3. The van der Waals surface area contributed by atoms with Gasteiger partial charge in [0, 0.05) is 0 Å².